The lowest BCUT2D eigenvalue weighted by Crippen LogP contribution is -2.34. The molecule has 20 heavy (non-hydrogen) atoms. The van der Waals surface area contributed by atoms with Crippen LogP contribution in [0.25, 0.3) is 0 Å². The Kier molecular flexibility index (Phi) is 6.20. The summed E-state index contributed by atoms with van der Waals surface area (Å²) in [5.41, 5.74) is 0. The van der Waals surface area contributed by atoms with Crippen molar-refractivity contribution in [2.45, 2.75) is 58.1 Å². The normalized spacial score (nSPS) is 22.5. The zero-order valence-corrected chi connectivity index (χ0v) is 14.1. The molecule has 2 unspecified atom stereocenters. The van der Waals surface area contributed by atoms with E-state index in [0.717, 1.165) is 13.1 Å². The van der Waals surface area contributed by atoms with Crippen molar-refractivity contribution in [3.63, 3.8) is 0 Å². The van der Waals surface area contributed by atoms with Crippen molar-refractivity contribution in [3.05, 3.63) is 0 Å². The number of rotatable bonds is 6. The highest BCUT2D eigenvalue weighted by Gasteiger charge is 2.29. The number of Topliss-reactive ketones (excluding diaryl/α,β-unsaturated/α-hetero) is 1. The van der Waals surface area contributed by atoms with Gasteiger partial charge >= 0.3 is 0 Å². The lowest BCUT2D eigenvalue weighted by Gasteiger charge is -2.28. The Morgan fingerprint density at radius 2 is 2.00 bits per heavy atom. The van der Waals surface area contributed by atoms with Crippen LogP contribution in [0.3, 0.4) is 0 Å². The molecule has 4 nitrogen and oxygen atoms in total. The zero-order chi connectivity index (χ0) is 15.4. The second-order valence-corrected chi connectivity index (χ2v) is 9.87. The molecule has 1 saturated heterocycles. The minimum Gasteiger partial charge on any atom is -0.316 e. The third-order valence-electron chi connectivity index (χ3n) is 4.27. The van der Waals surface area contributed by atoms with Crippen LogP contribution < -0.4 is 5.32 Å². The lowest BCUT2D eigenvalue weighted by molar-refractivity contribution is -0.119. The number of hydrogen-bond donors (Lipinski definition) is 1. The van der Waals surface area contributed by atoms with E-state index in [2.05, 4.69) is 12.2 Å². The first-order valence-corrected chi connectivity index (χ1v) is 9.23. The summed E-state index contributed by atoms with van der Waals surface area (Å²) in [6, 6.07) is 0. The summed E-state index contributed by atoms with van der Waals surface area (Å²) < 4.78 is 23.2. The van der Waals surface area contributed by atoms with Gasteiger partial charge in [-0.25, -0.2) is 8.42 Å². The Morgan fingerprint density at radius 3 is 2.50 bits per heavy atom. The molecule has 0 aliphatic carbocycles. The highest BCUT2D eigenvalue weighted by atomic mass is 32.2. The van der Waals surface area contributed by atoms with E-state index < -0.39 is 14.6 Å². The number of piperidine rings is 1. The molecule has 0 amide bonds. The van der Waals surface area contributed by atoms with Crippen molar-refractivity contribution in [1.29, 1.82) is 0 Å². The van der Waals surface area contributed by atoms with Gasteiger partial charge in [0.05, 0.1) is 10.5 Å². The van der Waals surface area contributed by atoms with E-state index in [1.54, 1.807) is 20.8 Å². The van der Waals surface area contributed by atoms with Crippen molar-refractivity contribution in [2.75, 3.05) is 18.8 Å². The molecule has 0 aromatic heterocycles. The quantitative estimate of drug-likeness (QED) is 0.817. The minimum absolute atomic E-state index is 0.0228. The SMILES string of the molecule is CC(CC(=O)CCS(=O)(=O)C(C)(C)C)C1CCCNC1. The average molecular weight is 303 g/mol. The van der Waals surface area contributed by atoms with Crippen LogP contribution in [0.4, 0.5) is 0 Å². The van der Waals surface area contributed by atoms with Crippen molar-refractivity contribution >= 4 is 15.6 Å². The van der Waals surface area contributed by atoms with E-state index in [0.29, 0.717) is 18.3 Å². The molecule has 1 aliphatic rings. The molecule has 1 heterocycles. The average Bonchev–Trinajstić information content (AvgIpc) is 2.36. The van der Waals surface area contributed by atoms with Crippen LogP contribution in [0.15, 0.2) is 0 Å². The molecule has 0 aromatic rings. The molecule has 5 heteroatoms. The Balaban J connectivity index is 2.40. The first kappa shape index (κ1) is 17.6. The number of sulfone groups is 1. The van der Waals surface area contributed by atoms with Gasteiger partial charge in [-0.3, -0.25) is 4.79 Å². The van der Waals surface area contributed by atoms with E-state index in [1.165, 1.54) is 12.8 Å². The predicted molar refractivity (Wildman–Crippen MR) is 82.5 cm³/mol. The molecule has 0 spiro atoms. The highest BCUT2D eigenvalue weighted by molar-refractivity contribution is 7.92. The molecule has 1 rings (SSSR count). The van der Waals surface area contributed by atoms with E-state index in [4.69, 9.17) is 0 Å². The Labute approximate surface area is 123 Å². The van der Waals surface area contributed by atoms with Gasteiger partial charge in [0.25, 0.3) is 0 Å². The van der Waals surface area contributed by atoms with Crippen molar-refractivity contribution in [1.82, 2.24) is 5.32 Å². The van der Waals surface area contributed by atoms with Crippen LogP contribution in [-0.2, 0) is 14.6 Å². The monoisotopic (exact) mass is 303 g/mol. The van der Waals surface area contributed by atoms with Crippen LogP contribution in [0, 0.1) is 11.8 Å². The van der Waals surface area contributed by atoms with Crippen LogP contribution in [0.1, 0.15) is 53.4 Å². The number of nitrogens with one attached hydrogen (secondary N) is 1. The largest absolute Gasteiger partial charge is 0.316 e. The molecule has 1 fully saturated rings. The second-order valence-electron chi connectivity index (χ2n) is 7.01. The van der Waals surface area contributed by atoms with Gasteiger partial charge in [0, 0.05) is 12.8 Å². The van der Waals surface area contributed by atoms with E-state index >= 15 is 0 Å². The van der Waals surface area contributed by atoms with Crippen molar-refractivity contribution in [2.24, 2.45) is 11.8 Å². The summed E-state index contributed by atoms with van der Waals surface area (Å²) in [7, 11) is -3.19. The van der Waals surface area contributed by atoms with Gasteiger partial charge in [0.2, 0.25) is 0 Å². The van der Waals surface area contributed by atoms with Crippen LogP contribution in [-0.4, -0.2) is 37.8 Å². The fourth-order valence-electron chi connectivity index (χ4n) is 2.55. The summed E-state index contributed by atoms with van der Waals surface area (Å²) in [6.07, 6.45) is 3.00. The van der Waals surface area contributed by atoms with E-state index in [1.807, 2.05) is 0 Å². The van der Waals surface area contributed by atoms with Gasteiger partial charge in [-0.05, 0) is 58.5 Å². The van der Waals surface area contributed by atoms with Gasteiger partial charge in [-0.2, -0.15) is 0 Å². The van der Waals surface area contributed by atoms with Crippen LogP contribution in [0.5, 0.6) is 0 Å². The molecule has 2 atom stereocenters. The number of hydrogen-bond acceptors (Lipinski definition) is 4. The molecule has 0 radical (unpaired) electrons. The topological polar surface area (TPSA) is 63.2 Å². The molecular formula is C15H29NO3S. The van der Waals surface area contributed by atoms with Gasteiger partial charge in [0.15, 0.2) is 9.84 Å². The van der Waals surface area contributed by atoms with Gasteiger partial charge in [-0.1, -0.05) is 6.92 Å². The number of ketones is 1. The predicted octanol–water partition coefficient (Wildman–Crippen LogP) is 2.18. The minimum atomic E-state index is -3.19. The first-order valence-electron chi connectivity index (χ1n) is 7.58. The fourth-order valence-corrected chi connectivity index (χ4v) is 3.66. The standard InChI is InChI=1S/C15H29NO3S/c1-12(13-6-5-8-16-11-13)10-14(17)7-9-20(18,19)15(2,3)4/h12-13,16H,5-11H2,1-4H3. The lowest BCUT2D eigenvalue weighted by atomic mass is 9.84. The maximum atomic E-state index is 12.0. The third kappa shape index (κ3) is 5.17. The van der Waals surface area contributed by atoms with Gasteiger partial charge < -0.3 is 5.32 Å². The zero-order valence-electron chi connectivity index (χ0n) is 13.2. The van der Waals surface area contributed by atoms with Gasteiger partial charge in [-0.15, -0.1) is 0 Å². The Hall–Kier alpha value is -0.420. The summed E-state index contributed by atoms with van der Waals surface area (Å²) in [6.45, 7) is 9.21. The second kappa shape index (κ2) is 7.03. The summed E-state index contributed by atoms with van der Waals surface area (Å²) in [4.78, 5) is 12.0. The summed E-state index contributed by atoms with van der Waals surface area (Å²) in [5.74, 6) is 0.945. The third-order valence-corrected chi connectivity index (χ3v) is 6.88. The smallest absolute Gasteiger partial charge is 0.155 e. The molecule has 1 N–H and O–H groups in total. The molecule has 1 aliphatic heterocycles. The molecule has 118 valence electrons. The molecule has 0 saturated carbocycles. The maximum absolute atomic E-state index is 12.0. The molecule has 0 aromatic carbocycles. The number of carbonyl (C=O) groups excluding carboxylic acids is 1. The Bertz CT molecular complexity index is 417. The number of carbonyl (C=O) groups is 1. The van der Waals surface area contributed by atoms with Crippen molar-refractivity contribution in [3.8, 4) is 0 Å². The van der Waals surface area contributed by atoms with E-state index in [-0.39, 0.29) is 18.0 Å². The molecule has 0 bridgehead atoms. The first-order chi connectivity index (χ1) is 9.13. The van der Waals surface area contributed by atoms with Crippen molar-refractivity contribution < 1.29 is 13.2 Å². The highest BCUT2D eigenvalue weighted by Crippen LogP contribution is 2.24. The molecular weight excluding hydrogens is 274 g/mol. The Morgan fingerprint density at radius 1 is 1.35 bits per heavy atom. The fraction of sp³-hybridized carbons (Fsp3) is 0.933. The van der Waals surface area contributed by atoms with Crippen LogP contribution in [0.2, 0.25) is 0 Å². The van der Waals surface area contributed by atoms with E-state index in [9.17, 15) is 13.2 Å². The van der Waals surface area contributed by atoms with Crippen LogP contribution >= 0.6 is 0 Å². The summed E-state index contributed by atoms with van der Waals surface area (Å²) >= 11 is 0. The van der Waals surface area contributed by atoms with Gasteiger partial charge in [0.1, 0.15) is 5.78 Å². The summed E-state index contributed by atoms with van der Waals surface area (Å²) in [5, 5.41) is 3.36. The maximum Gasteiger partial charge on any atom is 0.155 e.